The van der Waals surface area contributed by atoms with Gasteiger partial charge in [-0.05, 0) is 31.2 Å². The Morgan fingerprint density at radius 3 is 2.26 bits per heavy atom. The van der Waals surface area contributed by atoms with Crippen molar-refractivity contribution in [3.8, 4) is 0 Å². The van der Waals surface area contributed by atoms with Crippen LogP contribution in [-0.4, -0.2) is 62.5 Å². The lowest BCUT2D eigenvalue weighted by molar-refractivity contribution is -0.139. The average Bonchev–Trinajstić information content (AvgIpc) is 2.56. The maximum atomic E-state index is 12.9. The van der Waals surface area contributed by atoms with Gasteiger partial charge in [-0.2, -0.15) is 0 Å². The average molecular weight is 322 g/mol. The van der Waals surface area contributed by atoms with E-state index in [4.69, 9.17) is 0 Å². The topological polar surface area (TPSA) is 64.7 Å². The van der Waals surface area contributed by atoms with Gasteiger partial charge in [0.15, 0.2) is 0 Å². The molecule has 1 heterocycles. The minimum absolute atomic E-state index is 0.227. The summed E-state index contributed by atoms with van der Waals surface area (Å²) < 4.78 is 12.9. The zero-order chi connectivity index (χ0) is 16.7. The number of nitrogens with one attached hydrogen (secondary N) is 2. The summed E-state index contributed by atoms with van der Waals surface area (Å²) >= 11 is 0. The minimum atomic E-state index is -0.589. The zero-order valence-electron chi connectivity index (χ0n) is 13.3. The van der Waals surface area contributed by atoms with Crippen LogP contribution in [0.15, 0.2) is 24.3 Å². The van der Waals surface area contributed by atoms with Gasteiger partial charge in [-0.15, -0.1) is 0 Å². The molecule has 2 amide bonds. The first-order chi connectivity index (χ1) is 11.1. The van der Waals surface area contributed by atoms with Gasteiger partial charge in [0.25, 0.3) is 0 Å². The Labute approximate surface area is 135 Å². The fraction of sp³-hybridized carbons (Fsp3) is 0.500. The summed E-state index contributed by atoms with van der Waals surface area (Å²) in [6, 6.07) is 6.52. The van der Waals surface area contributed by atoms with Crippen molar-refractivity contribution in [2.75, 3.05) is 50.7 Å². The molecular formula is C16H23FN4O2. The second-order valence-corrected chi connectivity index (χ2v) is 5.42. The van der Waals surface area contributed by atoms with Crippen molar-refractivity contribution in [2.24, 2.45) is 0 Å². The number of anilines is 1. The van der Waals surface area contributed by atoms with Crippen molar-refractivity contribution in [1.29, 1.82) is 0 Å². The molecule has 0 spiro atoms. The van der Waals surface area contributed by atoms with Crippen molar-refractivity contribution in [3.63, 3.8) is 0 Å². The Hall–Kier alpha value is -2.15. The van der Waals surface area contributed by atoms with Gasteiger partial charge in [0.05, 0.1) is 0 Å². The van der Waals surface area contributed by atoms with Crippen molar-refractivity contribution < 1.29 is 14.0 Å². The molecule has 2 N–H and O–H groups in total. The van der Waals surface area contributed by atoms with Crippen LogP contribution in [0.25, 0.3) is 0 Å². The number of carbonyl (C=O) groups excluding carboxylic acids is 2. The number of rotatable bonds is 5. The lowest BCUT2D eigenvalue weighted by atomic mass is 10.2. The third-order valence-electron chi connectivity index (χ3n) is 3.82. The molecule has 7 heteroatoms. The van der Waals surface area contributed by atoms with E-state index in [0.29, 0.717) is 19.6 Å². The number of likely N-dealkylation sites (N-methyl/N-ethyl adjacent to an activating group) is 1. The largest absolute Gasteiger partial charge is 0.369 e. The minimum Gasteiger partial charge on any atom is -0.369 e. The molecular weight excluding hydrogens is 299 g/mol. The lowest BCUT2D eigenvalue weighted by Crippen LogP contribution is -2.49. The van der Waals surface area contributed by atoms with Crippen LogP contribution in [0.2, 0.25) is 0 Å². The number of benzene rings is 1. The first kappa shape index (κ1) is 17.2. The molecule has 1 aromatic rings. The Morgan fingerprint density at radius 2 is 1.65 bits per heavy atom. The molecule has 1 aromatic carbocycles. The molecule has 0 aliphatic carbocycles. The molecule has 0 saturated carbocycles. The van der Waals surface area contributed by atoms with E-state index in [2.05, 4.69) is 20.4 Å². The molecule has 1 aliphatic heterocycles. The first-order valence-electron chi connectivity index (χ1n) is 7.89. The number of carbonyl (C=O) groups is 2. The van der Waals surface area contributed by atoms with E-state index in [1.807, 2.05) is 0 Å². The molecule has 126 valence electrons. The number of hydrogen-bond acceptors (Lipinski definition) is 4. The standard InChI is InChI=1S/C16H23FN4O2/c1-2-18-15(22)16(23)19-7-8-20-9-11-21(12-10-20)14-5-3-13(17)4-6-14/h3-6H,2,7-12H2,1H3,(H,18,22)(H,19,23). The second kappa shape index (κ2) is 8.47. The molecule has 0 radical (unpaired) electrons. The number of piperazine rings is 1. The number of hydrogen-bond donors (Lipinski definition) is 2. The first-order valence-corrected chi connectivity index (χ1v) is 7.89. The van der Waals surface area contributed by atoms with Gasteiger partial charge >= 0.3 is 11.8 Å². The molecule has 0 aromatic heterocycles. The van der Waals surface area contributed by atoms with E-state index in [0.717, 1.165) is 31.9 Å². The molecule has 0 bridgehead atoms. The van der Waals surface area contributed by atoms with E-state index in [9.17, 15) is 14.0 Å². The van der Waals surface area contributed by atoms with Crippen LogP contribution in [0.3, 0.4) is 0 Å². The van der Waals surface area contributed by atoms with Crippen LogP contribution in [0.1, 0.15) is 6.92 Å². The molecule has 2 rings (SSSR count). The Bertz CT molecular complexity index is 527. The van der Waals surface area contributed by atoms with E-state index in [1.165, 1.54) is 12.1 Å². The van der Waals surface area contributed by atoms with E-state index in [1.54, 1.807) is 19.1 Å². The highest BCUT2D eigenvalue weighted by Crippen LogP contribution is 2.16. The summed E-state index contributed by atoms with van der Waals surface area (Å²) in [5, 5.41) is 5.08. The molecule has 0 unspecified atom stereocenters. The predicted octanol–water partition coefficient (Wildman–Crippen LogP) is 0.200. The SMILES string of the molecule is CCNC(=O)C(=O)NCCN1CCN(c2ccc(F)cc2)CC1. The normalized spacial score (nSPS) is 15.3. The van der Waals surface area contributed by atoms with E-state index >= 15 is 0 Å². The number of amides is 2. The van der Waals surface area contributed by atoms with Gasteiger partial charge < -0.3 is 15.5 Å². The zero-order valence-corrected chi connectivity index (χ0v) is 13.3. The van der Waals surface area contributed by atoms with Crippen LogP contribution in [-0.2, 0) is 9.59 Å². The summed E-state index contributed by atoms with van der Waals surface area (Å²) in [6.07, 6.45) is 0. The maximum absolute atomic E-state index is 12.9. The third-order valence-corrected chi connectivity index (χ3v) is 3.82. The van der Waals surface area contributed by atoms with Crippen LogP contribution in [0, 0.1) is 5.82 Å². The van der Waals surface area contributed by atoms with Gasteiger partial charge in [-0.3, -0.25) is 14.5 Å². The van der Waals surface area contributed by atoms with Gasteiger partial charge in [-0.25, -0.2) is 4.39 Å². The van der Waals surface area contributed by atoms with E-state index < -0.39 is 11.8 Å². The summed E-state index contributed by atoms with van der Waals surface area (Å²) in [5.74, 6) is -1.40. The fourth-order valence-electron chi connectivity index (χ4n) is 2.53. The summed E-state index contributed by atoms with van der Waals surface area (Å²) in [6.45, 7) is 6.83. The Balaban J connectivity index is 1.68. The molecule has 6 nitrogen and oxygen atoms in total. The predicted molar refractivity (Wildman–Crippen MR) is 86.7 cm³/mol. The highest BCUT2D eigenvalue weighted by Gasteiger charge is 2.18. The molecule has 1 saturated heterocycles. The summed E-state index contributed by atoms with van der Waals surface area (Å²) in [7, 11) is 0. The quantitative estimate of drug-likeness (QED) is 0.760. The number of halogens is 1. The second-order valence-electron chi connectivity index (χ2n) is 5.42. The summed E-state index contributed by atoms with van der Waals surface area (Å²) in [4.78, 5) is 27.2. The van der Waals surface area contributed by atoms with E-state index in [-0.39, 0.29) is 5.82 Å². The van der Waals surface area contributed by atoms with Gasteiger partial charge in [-0.1, -0.05) is 0 Å². The van der Waals surface area contributed by atoms with Crippen molar-refractivity contribution in [3.05, 3.63) is 30.1 Å². The van der Waals surface area contributed by atoms with Crippen LogP contribution in [0.5, 0.6) is 0 Å². The smallest absolute Gasteiger partial charge is 0.309 e. The fourth-order valence-corrected chi connectivity index (χ4v) is 2.53. The van der Waals surface area contributed by atoms with Gasteiger partial charge in [0, 0.05) is 51.5 Å². The number of nitrogens with zero attached hydrogens (tertiary/aromatic N) is 2. The van der Waals surface area contributed by atoms with Crippen LogP contribution < -0.4 is 15.5 Å². The van der Waals surface area contributed by atoms with Crippen LogP contribution >= 0.6 is 0 Å². The van der Waals surface area contributed by atoms with Gasteiger partial charge in [0.1, 0.15) is 5.82 Å². The van der Waals surface area contributed by atoms with Crippen LogP contribution in [0.4, 0.5) is 10.1 Å². The molecule has 1 aliphatic rings. The molecule has 23 heavy (non-hydrogen) atoms. The molecule has 0 atom stereocenters. The molecule has 1 fully saturated rings. The third kappa shape index (κ3) is 5.21. The highest BCUT2D eigenvalue weighted by atomic mass is 19.1. The highest BCUT2D eigenvalue weighted by molar-refractivity contribution is 6.35. The van der Waals surface area contributed by atoms with Gasteiger partial charge in [0.2, 0.25) is 0 Å². The Kier molecular flexibility index (Phi) is 6.34. The lowest BCUT2D eigenvalue weighted by Gasteiger charge is -2.36. The maximum Gasteiger partial charge on any atom is 0.309 e. The monoisotopic (exact) mass is 322 g/mol. The Morgan fingerprint density at radius 1 is 1.04 bits per heavy atom. The van der Waals surface area contributed by atoms with Crippen molar-refractivity contribution in [2.45, 2.75) is 6.92 Å². The van der Waals surface area contributed by atoms with Crippen molar-refractivity contribution in [1.82, 2.24) is 15.5 Å². The van der Waals surface area contributed by atoms with Crippen molar-refractivity contribution >= 4 is 17.5 Å². The summed E-state index contributed by atoms with van der Waals surface area (Å²) in [5.41, 5.74) is 1.02.